The Labute approximate surface area is 309 Å². The van der Waals surface area contributed by atoms with Gasteiger partial charge < -0.3 is 18.6 Å². The van der Waals surface area contributed by atoms with Crippen molar-refractivity contribution in [2.45, 2.75) is 62.6 Å². The summed E-state index contributed by atoms with van der Waals surface area (Å²) in [5.41, 5.74) is 6.25. The molecule has 0 saturated heterocycles. The molecule has 8 rings (SSSR count). The number of carbonyl (C=O) groups excluding carboxylic acids is 2. The Hall–Kier alpha value is -4.14. The van der Waals surface area contributed by atoms with E-state index in [2.05, 4.69) is 116 Å². The Morgan fingerprint density at radius 1 is 0.560 bits per heavy atom. The molecule has 2 aliphatic carbocycles. The van der Waals surface area contributed by atoms with Crippen LogP contribution in [0.5, 0.6) is 0 Å². The summed E-state index contributed by atoms with van der Waals surface area (Å²) in [5, 5.41) is 2.53. The van der Waals surface area contributed by atoms with Crippen LogP contribution in [0.4, 0.5) is 0 Å². The molecule has 6 aromatic rings. The molecule has 4 aromatic carbocycles. The molecule has 2 saturated carbocycles. The van der Waals surface area contributed by atoms with Gasteiger partial charge in [-0.15, -0.1) is 0 Å². The summed E-state index contributed by atoms with van der Waals surface area (Å²) < 4.78 is 18.0. The molecule has 4 atom stereocenters. The number of para-hydroxylation sites is 2. The SMILES string of the molecule is Cn1cc([C@@H]2CCC[C@@H]2OC(=O)c2ccc(Br)cc2)c2ccccc21.Cn1cc([C@@H]2CCC[C@@H]2OC(=O)c2ccc(Br)cc2)c2ccccc21. The number of fused-ring (bicyclic) bond motifs is 2. The van der Waals surface area contributed by atoms with Gasteiger partial charge in [0.25, 0.3) is 0 Å². The Morgan fingerprint density at radius 3 is 1.34 bits per heavy atom. The zero-order valence-electron chi connectivity index (χ0n) is 28.2. The van der Waals surface area contributed by atoms with Gasteiger partial charge >= 0.3 is 11.9 Å². The van der Waals surface area contributed by atoms with Crippen molar-refractivity contribution in [1.82, 2.24) is 9.13 Å². The van der Waals surface area contributed by atoms with Gasteiger partial charge in [-0.25, -0.2) is 9.59 Å². The number of carbonyl (C=O) groups is 2. The molecule has 2 aromatic heterocycles. The molecule has 0 spiro atoms. The second-order valence-corrected chi connectivity index (χ2v) is 15.2. The van der Waals surface area contributed by atoms with E-state index in [1.807, 2.05) is 24.3 Å². The first-order valence-corrected chi connectivity index (χ1v) is 18.9. The molecule has 2 heterocycles. The molecule has 8 heteroatoms. The number of aromatic nitrogens is 2. The van der Waals surface area contributed by atoms with E-state index in [-0.39, 0.29) is 36.0 Å². The summed E-state index contributed by atoms with van der Waals surface area (Å²) in [6, 6.07) is 31.5. The van der Waals surface area contributed by atoms with E-state index in [1.54, 1.807) is 24.3 Å². The normalized spacial score (nSPS) is 20.1. The standard InChI is InChI=1S/2C21H20BrNO2/c2*1-23-13-18(16-5-2-3-7-19(16)23)17-6-4-8-20(17)25-21(24)14-9-11-15(22)12-10-14/h2*2-3,5,7,9-13,17,20H,4,6,8H2,1H3/t2*17-,20-/m00/s1. The number of hydrogen-bond acceptors (Lipinski definition) is 4. The molecule has 0 radical (unpaired) electrons. The van der Waals surface area contributed by atoms with Crippen molar-refractivity contribution >= 4 is 65.6 Å². The highest BCUT2D eigenvalue weighted by Crippen LogP contribution is 2.42. The third kappa shape index (κ3) is 7.19. The zero-order chi connectivity index (χ0) is 34.8. The highest BCUT2D eigenvalue weighted by Gasteiger charge is 2.35. The number of halogens is 2. The van der Waals surface area contributed by atoms with Crippen LogP contribution in [-0.4, -0.2) is 33.3 Å². The first kappa shape index (κ1) is 34.3. The van der Waals surface area contributed by atoms with Crippen molar-refractivity contribution in [3.8, 4) is 0 Å². The number of nitrogens with zero attached hydrogens (tertiary/aromatic N) is 2. The maximum atomic E-state index is 12.5. The third-order valence-corrected chi connectivity index (χ3v) is 11.3. The molecular formula is C42H40Br2N2O4. The summed E-state index contributed by atoms with van der Waals surface area (Å²) >= 11 is 6.79. The molecule has 2 fully saturated rings. The largest absolute Gasteiger partial charge is 0.458 e. The van der Waals surface area contributed by atoms with Gasteiger partial charge in [0.2, 0.25) is 0 Å². The Kier molecular flexibility index (Phi) is 10.3. The number of hydrogen-bond donors (Lipinski definition) is 0. The number of ether oxygens (including phenoxy) is 2. The number of aryl methyl sites for hydroxylation is 2. The van der Waals surface area contributed by atoms with E-state index in [9.17, 15) is 9.59 Å². The predicted octanol–water partition coefficient (Wildman–Crippen LogP) is 10.9. The molecule has 0 amide bonds. The topological polar surface area (TPSA) is 62.5 Å². The predicted molar refractivity (Wildman–Crippen MR) is 206 cm³/mol. The average molecular weight is 797 g/mol. The lowest BCUT2D eigenvalue weighted by molar-refractivity contribution is 0.0270. The van der Waals surface area contributed by atoms with Crippen LogP contribution >= 0.6 is 31.9 Å². The van der Waals surface area contributed by atoms with Crippen LogP contribution in [0.25, 0.3) is 21.8 Å². The van der Waals surface area contributed by atoms with Gasteiger partial charge in [0.15, 0.2) is 0 Å². The quantitative estimate of drug-likeness (QED) is 0.158. The van der Waals surface area contributed by atoms with Crippen LogP contribution < -0.4 is 0 Å². The lowest BCUT2D eigenvalue weighted by atomic mass is 9.95. The minimum Gasteiger partial charge on any atom is -0.458 e. The van der Waals surface area contributed by atoms with Gasteiger partial charge in [-0.3, -0.25) is 0 Å². The van der Waals surface area contributed by atoms with Crippen LogP contribution in [0.1, 0.15) is 82.2 Å². The molecule has 0 aliphatic heterocycles. The van der Waals surface area contributed by atoms with Crippen LogP contribution in [0.15, 0.2) is 118 Å². The summed E-state index contributed by atoms with van der Waals surface area (Å²) in [7, 11) is 4.15. The number of rotatable bonds is 6. The zero-order valence-corrected chi connectivity index (χ0v) is 31.4. The molecule has 256 valence electrons. The van der Waals surface area contributed by atoms with E-state index in [1.165, 1.54) is 32.9 Å². The monoisotopic (exact) mass is 794 g/mol. The van der Waals surface area contributed by atoms with Crippen LogP contribution in [0.2, 0.25) is 0 Å². The fourth-order valence-corrected chi connectivity index (χ4v) is 8.29. The molecule has 0 bridgehead atoms. The van der Waals surface area contributed by atoms with E-state index in [4.69, 9.17) is 9.47 Å². The average Bonchev–Trinajstić information content (AvgIpc) is 3.92. The van der Waals surface area contributed by atoms with Crippen molar-refractivity contribution in [2.24, 2.45) is 14.1 Å². The smallest absolute Gasteiger partial charge is 0.338 e. The van der Waals surface area contributed by atoms with Crippen molar-refractivity contribution in [2.75, 3.05) is 0 Å². The van der Waals surface area contributed by atoms with Gasteiger partial charge in [0.1, 0.15) is 12.2 Å². The highest BCUT2D eigenvalue weighted by atomic mass is 79.9. The van der Waals surface area contributed by atoms with Crippen molar-refractivity contribution in [3.05, 3.63) is 141 Å². The van der Waals surface area contributed by atoms with E-state index in [0.717, 1.165) is 47.5 Å². The minimum absolute atomic E-state index is 0.0537. The lowest BCUT2D eigenvalue weighted by Gasteiger charge is -2.20. The Bertz CT molecular complexity index is 1980. The fourth-order valence-electron chi connectivity index (χ4n) is 7.77. The molecule has 6 nitrogen and oxygen atoms in total. The first-order valence-electron chi connectivity index (χ1n) is 17.3. The maximum absolute atomic E-state index is 12.5. The summed E-state index contributed by atoms with van der Waals surface area (Å²) in [5.74, 6) is 0.0743. The summed E-state index contributed by atoms with van der Waals surface area (Å²) in [4.78, 5) is 25.0. The van der Waals surface area contributed by atoms with Crippen LogP contribution in [0.3, 0.4) is 0 Å². The van der Waals surface area contributed by atoms with E-state index < -0.39 is 0 Å². The Balaban J connectivity index is 0.000000157. The summed E-state index contributed by atoms with van der Waals surface area (Å²) in [6.07, 6.45) is 10.4. The van der Waals surface area contributed by atoms with E-state index in [0.29, 0.717) is 11.1 Å². The van der Waals surface area contributed by atoms with Gasteiger partial charge in [-0.1, -0.05) is 68.3 Å². The highest BCUT2D eigenvalue weighted by molar-refractivity contribution is 9.10. The van der Waals surface area contributed by atoms with E-state index >= 15 is 0 Å². The number of esters is 2. The third-order valence-electron chi connectivity index (χ3n) is 10.2. The van der Waals surface area contributed by atoms with Gasteiger partial charge in [-0.2, -0.15) is 0 Å². The van der Waals surface area contributed by atoms with Gasteiger partial charge in [0.05, 0.1) is 11.1 Å². The number of benzene rings is 4. The van der Waals surface area contributed by atoms with Crippen LogP contribution in [0, 0.1) is 0 Å². The second kappa shape index (κ2) is 15.0. The van der Waals surface area contributed by atoms with Crippen molar-refractivity contribution in [1.29, 1.82) is 0 Å². The van der Waals surface area contributed by atoms with Crippen molar-refractivity contribution < 1.29 is 19.1 Å². The second-order valence-electron chi connectivity index (χ2n) is 13.4. The molecule has 0 N–H and O–H groups in total. The molecule has 2 aliphatic rings. The lowest BCUT2D eigenvalue weighted by Crippen LogP contribution is -2.21. The van der Waals surface area contributed by atoms with Gasteiger partial charge in [-0.05, 0) is 110 Å². The molecular weight excluding hydrogens is 756 g/mol. The summed E-state index contributed by atoms with van der Waals surface area (Å²) in [6.45, 7) is 0. The van der Waals surface area contributed by atoms with Crippen molar-refractivity contribution in [3.63, 3.8) is 0 Å². The fraction of sp³-hybridized carbons (Fsp3) is 0.286. The molecule has 0 unspecified atom stereocenters. The Morgan fingerprint density at radius 2 is 0.940 bits per heavy atom. The minimum atomic E-state index is -0.232. The molecule has 50 heavy (non-hydrogen) atoms. The first-order chi connectivity index (χ1) is 24.3. The van der Waals surface area contributed by atoms with Gasteiger partial charge in [0, 0.05) is 69.1 Å². The maximum Gasteiger partial charge on any atom is 0.338 e. The van der Waals surface area contributed by atoms with Crippen LogP contribution in [-0.2, 0) is 23.6 Å².